The van der Waals surface area contributed by atoms with Crippen molar-refractivity contribution in [2.24, 2.45) is 0 Å². The normalized spacial score (nSPS) is 10.2. The molecular weight excluding hydrogens is 220 g/mol. The molecule has 0 radical (unpaired) electrons. The number of nitrogens with one attached hydrogen (secondary N) is 2. The van der Waals surface area contributed by atoms with Crippen molar-refractivity contribution in [3.8, 4) is 0 Å². The van der Waals surface area contributed by atoms with E-state index in [0.717, 1.165) is 11.3 Å². The van der Waals surface area contributed by atoms with E-state index in [1.807, 2.05) is 31.2 Å². The van der Waals surface area contributed by atoms with E-state index in [1.165, 1.54) is 6.92 Å². The largest absolute Gasteiger partial charge is 0.370 e. The Kier molecular flexibility index (Phi) is 2.82. The monoisotopic (exact) mass is 232 g/mol. The topological polar surface area (TPSA) is 75.1 Å². The molecule has 1 aromatic heterocycles. The second-order valence-corrected chi connectivity index (χ2v) is 3.79. The van der Waals surface area contributed by atoms with Crippen LogP contribution >= 0.6 is 0 Å². The van der Waals surface area contributed by atoms with Gasteiger partial charge in [-0.3, -0.25) is 4.79 Å². The molecule has 0 atom stereocenters. The fraction of sp³-hybridized carbons (Fsp3) is 0.167. The summed E-state index contributed by atoms with van der Waals surface area (Å²) in [6.45, 7) is 3.30. The Bertz CT molecular complexity index is 593. The van der Waals surface area contributed by atoms with E-state index in [4.69, 9.17) is 0 Å². The molecule has 2 rings (SSSR count). The Morgan fingerprint density at radius 1 is 1.29 bits per heavy atom. The number of anilines is 2. The lowest BCUT2D eigenvalue weighted by atomic mass is 10.2. The van der Waals surface area contributed by atoms with Crippen molar-refractivity contribution >= 4 is 17.3 Å². The summed E-state index contributed by atoms with van der Waals surface area (Å²) in [6, 6.07) is 7.55. The van der Waals surface area contributed by atoms with Gasteiger partial charge in [-0.1, -0.05) is 17.7 Å². The van der Waals surface area contributed by atoms with E-state index in [1.54, 1.807) is 0 Å². The van der Waals surface area contributed by atoms with Crippen LogP contribution in [0, 0.1) is 6.92 Å². The Morgan fingerprint density at radius 2 is 1.94 bits per heavy atom. The predicted molar refractivity (Wildman–Crippen MR) is 63.8 cm³/mol. The van der Waals surface area contributed by atoms with Crippen LogP contribution in [0.25, 0.3) is 0 Å². The van der Waals surface area contributed by atoms with Gasteiger partial charge in [-0.15, -0.1) is 0 Å². The molecule has 17 heavy (non-hydrogen) atoms. The quantitative estimate of drug-likeness (QED) is 0.795. The van der Waals surface area contributed by atoms with E-state index >= 15 is 0 Å². The molecule has 1 aromatic carbocycles. The highest BCUT2D eigenvalue weighted by Gasteiger charge is 2.16. The molecule has 0 aliphatic rings. The number of hydrogen-bond donors (Lipinski definition) is 2. The smallest absolute Gasteiger partial charge is 0.339 e. The number of hydrogen-bond acceptors (Lipinski definition) is 4. The molecule has 0 aliphatic heterocycles. The van der Waals surface area contributed by atoms with Crippen LogP contribution < -0.4 is 10.9 Å². The predicted octanol–water partition coefficient (Wildman–Crippen LogP) is 2.22. The van der Waals surface area contributed by atoms with Crippen LogP contribution in [0.3, 0.4) is 0 Å². The van der Waals surface area contributed by atoms with Crippen molar-refractivity contribution in [1.29, 1.82) is 0 Å². The zero-order valence-corrected chi connectivity index (χ0v) is 9.53. The Balaban J connectivity index is 2.33. The molecule has 0 aliphatic carbocycles. The standard InChI is InChI=1S/C12H12N2O3/c1-7-3-5-9(6-4-7)13-11-10(8(2)15)12(16)17-14-11/h3-6,13-14H,1-2H3. The number of aromatic nitrogens is 1. The van der Waals surface area contributed by atoms with Gasteiger partial charge in [0, 0.05) is 5.69 Å². The van der Waals surface area contributed by atoms with Gasteiger partial charge in [0.15, 0.2) is 11.6 Å². The van der Waals surface area contributed by atoms with Gasteiger partial charge < -0.3 is 9.84 Å². The van der Waals surface area contributed by atoms with Crippen molar-refractivity contribution in [2.75, 3.05) is 5.32 Å². The SMILES string of the molecule is CC(=O)c1c(Nc2ccc(C)cc2)[nH]oc1=O. The van der Waals surface area contributed by atoms with Crippen molar-refractivity contribution in [2.45, 2.75) is 13.8 Å². The second kappa shape index (κ2) is 4.29. The highest BCUT2D eigenvalue weighted by molar-refractivity contribution is 5.98. The molecule has 0 saturated heterocycles. The minimum absolute atomic E-state index is 0.00516. The summed E-state index contributed by atoms with van der Waals surface area (Å²) in [6.07, 6.45) is 0. The summed E-state index contributed by atoms with van der Waals surface area (Å²) in [5.74, 6) is -0.0547. The summed E-state index contributed by atoms with van der Waals surface area (Å²) in [7, 11) is 0. The number of rotatable bonds is 3. The number of aromatic amines is 1. The van der Waals surface area contributed by atoms with Crippen molar-refractivity contribution in [3.05, 3.63) is 45.8 Å². The van der Waals surface area contributed by atoms with Crippen LogP contribution in [0.5, 0.6) is 0 Å². The molecule has 0 amide bonds. The van der Waals surface area contributed by atoms with E-state index in [2.05, 4.69) is 15.0 Å². The maximum atomic E-state index is 11.3. The first-order valence-electron chi connectivity index (χ1n) is 5.14. The number of H-pyrrole nitrogens is 1. The van der Waals surface area contributed by atoms with Gasteiger partial charge in [0.1, 0.15) is 5.56 Å². The van der Waals surface area contributed by atoms with Gasteiger partial charge in [0.2, 0.25) is 0 Å². The lowest BCUT2D eigenvalue weighted by molar-refractivity contribution is 0.101. The summed E-state index contributed by atoms with van der Waals surface area (Å²) in [4.78, 5) is 22.5. The van der Waals surface area contributed by atoms with E-state index in [-0.39, 0.29) is 17.2 Å². The lowest BCUT2D eigenvalue weighted by Crippen LogP contribution is -2.08. The summed E-state index contributed by atoms with van der Waals surface area (Å²) in [5, 5.41) is 5.33. The molecule has 5 nitrogen and oxygen atoms in total. The summed E-state index contributed by atoms with van der Waals surface area (Å²) in [5.41, 5.74) is 1.25. The first kappa shape index (κ1) is 11.2. The molecule has 88 valence electrons. The van der Waals surface area contributed by atoms with Crippen molar-refractivity contribution in [3.63, 3.8) is 0 Å². The van der Waals surface area contributed by atoms with Crippen molar-refractivity contribution < 1.29 is 9.32 Å². The van der Waals surface area contributed by atoms with Gasteiger partial charge in [0.25, 0.3) is 0 Å². The third-order valence-electron chi connectivity index (χ3n) is 2.37. The lowest BCUT2D eigenvalue weighted by Gasteiger charge is -2.04. The van der Waals surface area contributed by atoms with Crippen LogP contribution in [0.15, 0.2) is 33.6 Å². The van der Waals surface area contributed by atoms with Crippen LogP contribution in [-0.4, -0.2) is 10.9 Å². The van der Waals surface area contributed by atoms with Crippen molar-refractivity contribution in [1.82, 2.24) is 5.16 Å². The molecule has 2 N–H and O–H groups in total. The number of carbonyl (C=O) groups is 1. The number of Topliss-reactive ketones (excluding diaryl/α,β-unsaturated/α-hetero) is 1. The van der Waals surface area contributed by atoms with Crippen LogP contribution in [0.2, 0.25) is 0 Å². The molecule has 0 fully saturated rings. The maximum absolute atomic E-state index is 11.3. The first-order valence-corrected chi connectivity index (χ1v) is 5.14. The molecular formula is C12H12N2O3. The highest BCUT2D eigenvalue weighted by atomic mass is 16.5. The number of carbonyl (C=O) groups excluding carboxylic acids is 1. The zero-order chi connectivity index (χ0) is 12.4. The Morgan fingerprint density at radius 3 is 2.53 bits per heavy atom. The average Bonchev–Trinajstić information content (AvgIpc) is 2.63. The minimum atomic E-state index is -0.660. The fourth-order valence-corrected chi connectivity index (χ4v) is 1.49. The van der Waals surface area contributed by atoms with Crippen LogP contribution in [0.1, 0.15) is 22.8 Å². The molecule has 0 spiro atoms. The number of ketones is 1. The summed E-state index contributed by atoms with van der Waals surface area (Å²) >= 11 is 0. The molecule has 0 bridgehead atoms. The number of benzene rings is 1. The highest BCUT2D eigenvalue weighted by Crippen LogP contribution is 2.17. The molecule has 1 heterocycles. The second-order valence-electron chi connectivity index (χ2n) is 3.79. The Hall–Kier alpha value is -2.30. The van der Waals surface area contributed by atoms with E-state index in [9.17, 15) is 9.59 Å². The zero-order valence-electron chi connectivity index (χ0n) is 9.53. The third kappa shape index (κ3) is 2.28. The molecule has 0 saturated carbocycles. The van der Waals surface area contributed by atoms with E-state index in [0.29, 0.717) is 0 Å². The van der Waals surface area contributed by atoms with Gasteiger partial charge in [-0.2, -0.15) is 0 Å². The van der Waals surface area contributed by atoms with Gasteiger partial charge >= 0.3 is 5.63 Å². The molecule has 5 heteroatoms. The van der Waals surface area contributed by atoms with Crippen LogP contribution in [-0.2, 0) is 0 Å². The van der Waals surface area contributed by atoms with Gasteiger partial charge in [-0.05, 0) is 26.0 Å². The summed E-state index contributed by atoms with van der Waals surface area (Å²) < 4.78 is 4.59. The third-order valence-corrected chi connectivity index (χ3v) is 2.37. The first-order chi connectivity index (χ1) is 8.08. The van der Waals surface area contributed by atoms with Crippen LogP contribution in [0.4, 0.5) is 11.5 Å². The van der Waals surface area contributed by atoms with E-state index < -0.39 is 5.63 Å². The maximum Gasteiger partial charge on any atom is 0.370 e. The molecule has 0 unspecified atom stereocenters. The number of aryl methyl sites for hydroxylation is 1. The molecule has 2 aromatic rings. The minimum Gasteiger partial charge on any atom is -0.339 e. The average molecular weight is 232 g/mol. The fourth-order valence-electron chi connectivity index (χ4n) is 1.49. The van der Waals surface area contributed by atoms with Gasteiger partial charge in [-0.25, -0.2) is 9.95 Å². The Labute approximate surface area is 97.4 Å². The van der Waals surface area contributed by atoms with Gasteiger partial charge in [0.05, 0.1) is 0 Å².